The van der Waals surface area contributed by atoms with E-state index in [1.807, 2.05) is 0 Å². The summed E-state index contributed by atoms with van der Waals surface area (Å²) >= 11 is 0. The molecule has 20 heavy (non-hydrogen) atoms. The number of anilines is 1. The number of rotatable bonds is 4. The van der Waals surface area contributed by atoms with Gasteiger partial charge in [-0.1, -0.05) is 18.2 Å². The fourth-order valence-corrected chi connectivity index (χ4v) is 1.99. The Kier molecular flexibility index (Phi) is 3.89. The van der Waals surface area contributed by atoms with Gasteiger partial charge >= 0.3 is 0 Å². The molecule has 0 aromatic heterocycles. The molecule has 0 fully saturated rings. The maximum atomic E-state index is 13.2. The number of halogens is 1. The molecule has 0 aliphatic carbocycles. The molecule has 4 nitrogen and oxygen atoms in total. The van der Waals surface area contributed by atoms with E-state index in [9.17, 15) is 14.3 Å². The van der Waals surface area contributed by atoms with Gasteiger partial charge in [-0.2, -0.15) is 0 Å². The van der Waals surface area contributed by atoms with Gasteiger partial charge < -0.3 is 16.2 Å². The van der Waals surface area contributed by atoms with Crippen molar-refractivity contribution in [2.45, 2.75) is 13.5 Å². The molecule has 2 aromatic carbocycles. The van der Waals surface area contributed by atoms with Crippen LogP contribution in [0.15, 0.2) is 36.4 Å². The van der Waals surface area contributed by atoms with E-state index in [0.29, 0.717) is 16.8 Å². The first-order chi connectivity index (χ1) is 9.50. The predicted molar refractivity (Wildman–Crippen MR) is 75.1 cm³/mol. The Morgan fingerprint density at radius 1 is 1.30 bits per heavy atom. The van der Waals surface area contributed by atoms with E-state index in [1.54, 1.807) is 31.2 Å². The summed E-state index contributed by atoms with van der Waals surface area (Å²) < 4.78 is 13.2. The fraction of sp³-hybridized carbons (Fsp3) is 0.133. The molecule has 0 spiro atoms. The van der Waals surface area contributed by atoms with Gasteiger partial charge in [0.25, 0.3) is 0 Å². The third kappa shape index (κ3) is 2.71. The van der Waals surface area contributed by atoms with Gasteiger partial charge in [-0.05, 0) is 30.7 Å². The van der Waals surface area contributed by atoms with Crippen molar-refractivity contribution in [3.05, 3.63) is 58.9 Å². The van der Waals surface area contributed by atoms with Crippen LogP contribution >= 0.6 is 0 Å². The van der Waals surface area contributed by atoms with Crippen molar-refractivity contribution in [2.24, 2.45) is 5.73 Å². The first-order valence-corrected chi connectivity index (χ1v) is 6.10. The molecule has 2 aromatic rings. The number of carbonyl (C=O) groups excluding carboxylic acids is 1. The SMILES string of the molecule is Cc1c(NCc2cccc(F)c2O)cccc1C(N)=O. The topological polar surface area (TPSA) is 75.3 Å². The van der Waals surface area contributed by atoms with E-state index in [1.165, 1.54) is 12.1 Å². The van der Waals surface area contributed by atoms with E-state index >= 15 is 0 Å². The minimum atomic E-state index is -0.660. The van der Waals surface area contributed by atoms with Crippen LogP contribution in [0.3, 0.4) is 0 Å². The second-order valence-electron chi connectivity index (χ2n) is 4.44. The van der Waals surface area contributed by atoms with Crippen LogP contribution in [0.25, 0.3) is 0 Å². The van der Waals surface area contributed by atoms with Crippen molar-refractivity contribution in [3.8, 4) is 5.75 Å². The number of nitrogens with two attached hydrogens (primary N) is 1. The smallest absolute Gasteiger partial charge is 0.249 e. The van der Waals surface area contributed by atoms with E-state index in [0.717, 1.165) is 5.56 Å². The molecular weight excluding hydrogens is 259 g/mol. The van der Waals surface area contributed by atoms with Crippen molar-refractivity contribution in [1.82, 2.24) is 0 Å². The Bertz CT molecular complexity index is 656. The highest BCUT2D eigenvalue weighted by atomic mass is 19.1. The average molecular weight is 274 g/mol. The third-order valence-corrected chi connectivity index (χ3v) is 3.14. The van der Waals surface area contributed by atoms with Crippen LogP contribution in [0.4, 0.5) is 10.1 Å². The number of nitrogens with one attached hydrogen (secondary N) is 1. The molecule has 0 bridgehead atoms. The summed E-state index contributed by atoms with van der Waals surface area (Å²) in [7, 11) is 0. The van der Waals surface area contributed by atoms with Gasteiger partial charge in [0.15, 0.2) is 11.6 Å². The molecular formula is C15H15FN2O2. The lowest BCUT2D eigenvalue weighted by Crippen LogP contribution is -2.14. The Morgan fingerprint density at radius 2 is 2.00 bits per heavy atom. The molecule has 0 aliphatic rings. The maximum absolute atomic E-state index is 13.2. The standard InChI is InChI=1S/C15H15FN2O2/c1-9-11(15(17)20)5-3-7-13(9)18-8-10-4-2-6-12(16)14(10)19/h2-7,18-19H,8H2,1H3,(H2,17,20). The molecule has 1 amide bonds. The molecule has 0 aliphatic heterocycles. The third-order valence-electron chi connectivity index (χ3n) is 3.14. The summed E-state index contributed by atoms with van der Waals surface area (Å²) in [6.07, 6.45) is 0. The van der Waals surface area contributed by atoms with Gasteiger partial charge in [-0.25, -0.2) is 4.39 Å². The highest BCUT2D eigenvalue weighted by Gasteiger charge is 2.10. The number of amides is 1. The number of benzene rings is 2. The van der Waals surface area contributed by atoms with Crippen LogP contribution in [0.1, 0.15) is 21.5 Å². The highest BCUT2D eigenvalue weighted by molar-refractivity contribution is 5.95. The summed E-state index contributed by atoms with van der Waals surface area (Å²) in [5.74, 6) is -1.53. The predicted octanol–water partition coefficient (Wildman–Crippen LogP) is 2.55. The van der Waals surface area contributed by atoms with E-state index in [-0.39, 0.29) is 12.3 Å². The molecule has 5 heteroatoms. The van der Waals surface area contributed by atoms with Gasteiger partial charge in [0, 0.05) is 23.4 Å². The first-order valence-electron chi connectivity index (χ1n) is 6.10. The van der Waals surface area contributed by atoms with Crippen LogP contribution < -0.4 is 11.1 Å². The number of phenolic OH excluding ortho intramolecular Hbond substituents is 1. The zero-order valence-electron chi connectivity index (χ0n) is 11.0. The lowest BCUT2D eigenvalue weighted by atomic mass is 10.1. The number of primary amides is 1. The van der Waals surface area contributed by atoms with Crippen LogP contribution in [0, 0.1) is 12.7 Å². The second kappa shape index (κ2) is 5.61. The lowest BCUT2D eigenvalue weighted by molar-refractivity contribution is 0.1000. The van der Waals surface area contributed by atoms with Crippen molar-refractivity contribution < 1.29 is 14.3 Å². The second-order valence-corrected chi connectivity index (χ2v) is 4.44. The summed E-state index contributed by atoms with van der Waals surface area (Å²) in [6.45, 7) is 2.01. The van der Waals surface area contributed by atoms with Gasteiger partial charge in [-0.3, -0.25) is 4.79 Å². The number of phenols is 1. The first kappa shape index (κ1) is 13.9. The van der Waals surface area contributed by atoms with Crippen LogP contribution in [0.5, 0.6) is 5.75 Å². The van der Waals surface area contributed by atoms with Gasteiger partial charge in [0.05, 0.1) is 0 Å². The van der Waals surface area contributed by atoms with Gasteiger partial charge in [0.1, 0.15) is 0 Å². The molecule has 0 saturated carbocycles. The van der Waals surface area contributed by atoms with E-state index < -0.39 is 11.7 Å². The molecule has 0 unspecified atom stereocenters. The summed E-state index contributed by atoms with van der Waals surface area (Å²) in [5, 5.41) is 12.7. The summed E-state index contributed by atoms with van der Waals surface area (Å²) in [6, 6.07) is 9.48. The minimum absolute atomic E-state index is 0.243. The van der Waals surface area contributed by atoms with Crippen molar-refractivity contribution in [2.75, 3.05) is 5.32 Å². The van der Waals surface area contributed by atoms with Crippen LogP contribution in [-0.2, 0) is 6.54 Å². The van der Waals surface area contributed by atoms with Crippen molar-refractivity contribution >= 4 is 11.6 Å². The monoisotopic (exact) mass is 274 g/mol. The Hall–Kier alpha value is -2.56. The maximum Gasteiger partial charge on any atom is 0.249 e. The molecule has 0 radical (unpaired) electrons. The number of hydrogen-bond donors (Lipinski definition) is 3. The molecule has 0 heterocycles. The Labute approximate surface area is 116 Å². The molecule has 4 N–H and O–H groups in total. The zero-order chi connectivity index (χ0) is 14.7. The highest BCUT2D eigenvalue weighted by Crippen LogP contribution is 2.24. The summed E-state index contributed by atoms with van der Waals surface area (Å²) in [4.78, 5) is 11.3. The Balaban J connectivity index is 2.21. The molecule has 2 rings (SSSR count). The Morgan fingerprint density at radius 3 is 2.70 bits per heavy atom. The van der Waals surface area contributed by atoms with Crippen molar-refractivity contribution in [1.29, 1.82) is 0 Å². The quantitative estimate of drug-likeness (QED) is 0.802. The van der Waals surface area contributed by atoms with Crippen LogP contribution in [-0.4, -0.2) is 11.0 Å². The van der Waals surface area contributed by atoms with Crippen LogP contribution in [0.2, 0.25) is 0 Å². The summed E-state index contributed by atoms with van der Waals surface area (Å²) in [5.41, 5.74) is 7.58. The average Bonchev–Trinajstić information content (AvgIpc) is 2.41. The molecule has 104 valence electrons. The number of para-hydroxylation sites is 1. The molecule has 0 saturated heterocycles. The van der Waals surface area contributed by atoms with E-state index in [2.05, 4.69) is 5.32 Å². The zero-order valence-corrected chi connectivity index (χ0v) is 11.0. The normalized spacial score (nSPS) is 10.3. The fourth-order valence-electron chi connectivity index (χ4n) is 1.99. The van der Waals surface area contributed by atoms with Gasteiger partial charge in [-0.15, -0.1) is 0 Å². The van der Waals surface area contributed by atoms with Gasteiger partial charge in [0.2, 0.25) is 5.91 Å². The minimum Gasteiger partial charge on any atom is -0.505 e. The largest absolute Gasteiger partial charge is 0.505 e. The van der Waals surface area contributed by atoms with E-state index in [4.69, 9.17) is 5.73 Å². The van der Waals surface area contributed by atoms with Crippen molar-refractivity contribution in [3.63, 3.8) is 0 Å². The number of carbonyl (C=O) groups is 1. The number of hydrogen-bond acceptors (Lipinski definition) is 3. The number of aromatic hydroxyl groups is 1. The lowest BCUT2D eigenvalue weighted by Gasteiger charge is -2.12. The molecule has 0 atom stereocenters.